The zero-order valence-electron chi connectivity index (χ0n) is 11.6. The highest BCUT2D eigenvalue weighted by Crippen LogP contribution is 2.31. The number of benzene rings is 2. The van der Waals surface area contributed by atoms with Gasteiger partial charge in [-0.2, -0.15) is 0 Å². The van der Waals surface area contributed by atoms with Crippen molar-refractivity contribution in [2.45, 2.75) is 19.6 Å². The Labute approximate surface area is 124 Å². The lowest BCUT2D eigenvalue weighted by molar-refractivity contribution is 0.152. The maximum absolute atomic E-state index is 6.23. The molecule has 0 saturated carbocycles. The number of hydrogen-bond acceptors (Lipinski definition) is 2. The van der Waals surface area contributed by atoms with Crippen molar-refractivity contribution in [3.05, 3.63) is 64.7 Å². The van der Waals surface area contributed by atoms with Crippen LogP contribution in [0.3, 0.4) is 0 Å². The summed E-state index contributed by atoms with van der Waals surface area (Å²) >= 11 is 5.97. The minimum atomic E-state index is 0.0517. The standard InChI is InChI=1S/C17H18ClNO/c1-2-19-11-14-5-3-4-6-16(14)20-17(12-19)13-7-9-15(18)10-8-13/h3-10,17H,2,11-12H2,1H3. The Kier molecular flexibility index (Phi) is 3.95. The van der Waals surface area contributed by atoms with Gasteiger partial charge in [-0.3, -0.25) is 4.90 Å². The Morgan fingerprint density at radius 3 is 2.65 bits per heavy atom. The number of ether oxygens (including phenoxy) is 1. The summed E-state index contributed by atoms with van der Waals surface area (Å²) in [5.74, 6) is 0.989. The molecule has 0 fully saturated rings. The molecule has 3 heteroatoms. The summed E-state index contributed by atoms with van der Waals surface area (Å²) < 4.78 is 6.23. The number of likely N-dealkylation sites (N-methyl/N-ethyl adjacent to an activating group) is 1. The van der Waals surface area contributed by atoms with Crippen LogP contribution < -0.4 is 4.74 Å². The quantitative estimate of drug-likeness (QED) is 0.817. The maximum atomic E-state index is 6.23. The van der Waals surface area contributed by atoms with Crippen molar-refractivity contribution in [3.8, 4) is 5.75 Å². The Morgan fingerprint density at radius 1 is 1.15 bits per heavy atom. The highest BCUT2D eigenvalue weighted by atomic mass is 35.5. The van der Waals surface area contributed by atoms with Gasteiger partial charge in [0.2, 0.25) is 0 Å². The van der Waals surface area contributed by atoms with Gasteiger partial charge in [-0.1, -0.05) is 48.9 Å². The van der Waals surface area contributed by atoms with Crippen LogP contribution in [-0.4, -0.2) is 18.0 Å². The number of hydrogen-bond donors (Lipinski definition) is 0. The first kappa shape index (κ1) is 13.5. The molecule has 1 aliphatic rings. The third kappa shape index (κ3) is 2.82. The van der Waals surface area contributed by atoms with Crippen molar-refractivity contribution in [3.63, 3.8) is 0 Å². The molecule has 0 N–H and O–H groups in total. The van der Waals surface area contributed by atoms with Gasteiger partial charge >= 0.3 is 0 Å². The third-order valence-electron chi connectivity index (χ3n) is 3.75. The Bertz CT molecular complexity index is 582. The SMILES string of the molecule is CCN1Cc2ccccc2OC(c2ccc(Cl)cc2)C1. The van der Waals surface area contributed by atoms with Gasteiger partial charge in [-0.25, -0.2) is 0 Å². The first-order chi connectivity index (χ1) is 9.76. The van der Waals surface area contributed by atoms with E-state index in [1.54, 1.807) is 0 Å². The van der Waals surface area contributed by atoms with Gasteiger partial charge in [-0.15, -0.1) is 0 Å². The minimum absolute atomic E-state index is 0.0517. The van der Waals surface area contributed by atoms with Crippen LogP contribution in [0.2, 0.25) is 5.02 Å². The molecule has 20 heavy (non-hydrogen) atoms. The molecule has 0 radical (unpaired) electrons. The summed E-state index contributed by atoms with van der Waals surface area (Å²) in [4.78, 5) is 2.41. The fourth-order valence-corrected chi connectivity index (χ4v) is 2.70. The molecule has 104 valence electrons. The molecule has 1 unspecified atom stereocenters. The van der Waals surface area contributed by atoms with Crippen LogP contribution in [0.4, 0.5) is 0 Å². The van der Waals surface area contributed by atoms with Gasteiger partial charge in [-0.05, 0) is 30.3 Å². The molecule has 0 spiro atoms. The molecule has 0 aromatic heterocycles. The van der Waals surface area contributed by atoms with Gasteiger partial charge < -0.3 is 4.74 Å². The fourth-order valence-electron chi connectivity index (χ4n) is 2.57. The summed E-state index contributed by atoms with van der Waals surface area (Å²) in [5, 5.41) is 0.759. The van der Waals surface area contributed by atoms with Crippen LogP contribution in [0.25, 0.3) is 0 Å². The summed E-state index contributed by atoms with van der Waals surface area (Å²) in [6.07, 6.45) is 0.0517. The lowest BCUT2D eigenvalue weighted by Gasteiger charge is -2.22. The van der Waals surface area contributed by atoms with E-state index in [2.05, 4.69) is 42.2 Å². The molecule has 0 saturated heterocycles. The zero-order chi connectivity index (χ0) is 13.9. The maximum Gasteiger partial charge on any atom is 0.136 e. The molecule has 0 aliphatic carbocycles. The summed E-state index contributed by atoms with van der Waals surface area (Å²) in [5.41, 5.74) is 2.43. The topological polar surface area (TPSA) is 12.5 Å². The number of fused-ring (bicyclic) bond motifs is 1. The van der Waals surface area contributed by atoms with Crippen molar-refractivity contribution in [1.82, 2.24) is 4.90 Å². The summed E-state index contributed by atoms with van der Waals surface area (Å²) in [6.45, 7) is 5.04. The fraction of sp³-hybridized carbons (Fsp3) is 0.294. The average molecular weight is 288 g/mol. The van der Waals surface area contributed by atoms with Crippen molar-refractivity contribution in [2.75, 3.05) is 13.1 Å². The van der Waals surface area contributed by atoms with Gasteiger partial charge in [0.25, 0.3) is 0 Å². The van der Waals surface area contributed by atoms with E-state index in [0.717, 1.165) is 30.4 Å². The lowest BCUT2D eigenvalue weighted by Crippen LogP contribution is -2.27. The van der Waals surface area contributed by atoms with Crippen LogP contribution in [0.1, 0.15) is 24.2 Å². The lowest BCUT2D eigenvalue weighted by atomic mass is 10.1. The second-order valence-corrected chi connectivity index (χ2v) is 5.53. The van der Waals surface area contributed by atoms with Crippen molar-refractivity contribution >= 4 is 11.6 Å². The Balaban J connectivity index is 1.93. The molecular weight excluding hydrogens is 270 g/mol. The monoisotopic (exact) mass is 287 g/mol. The van der Waals surface area contributed by atoms with Crippen molar-refractivity contribution < 1.29 is 4.74 Å². The average Bonchev–Trinajstić information content (AvgIpc) is 2.67. The first-order valence-electron chi connectivity index (χ1n) is 6.98. The predicted octanol–water partition coefficient (Wildman–Crippen LogP) is 4.30. The second kappa shape index (κ2) is 5.86. The van der Waals surface area contributed by atoms with E-state index >= 15 is 0 Å². The number of halogens is 1. The van der Waals surface area contributed by atoms with Gasteiger partial charge in [0.1, 0.15) is 11.9 Å². The van der Waals surface area contributed by atoms with Gasteiger partial charge in [0, 0.05) is 23.7 Å². The largest absolute Gasteiger partial charge is 0.484 e. The molecule has 0 bridgehead atoms. The minimum Gasteiger partial charge on any atom is -0.484 e. The van der Waals surface area contributed by atoms with Crippen molar-refractivity contribution in [2.24, 2.45) is 0 Å². The Hall–Kier alpha value is -1.51. The predicted molar refractivity (Wildman–Crippen MR) is 82.2 cm³/mol. The van der Waals surface area contributed by atoms with E-state index < -0.39 is 0 Å². The molecule has 2 aromatic carbocycles. The van der Waals surface area contributed by atoms with Gasteiger partial charge in [0.15, 0.2) is 0 Å². The van der Waals surface area contributed by atoms with E-state index in [0.29, 0.717) is 0 Å². The normalized spacial score (nSPS) is 19.0. The smallest absolute Gasteiger partial charge is 0.136 e. The molecular formula is C17H18ClNO. The van der Waals surface area contributed by atoms with E-state index in [9.17, 15) is 0 Å². The molecule has 2 nitrogen and oxygen atoms in total. The molecule has 0 amide bonds. The Morgan fingerprint density at radius 2 is 1.90 bits per heavy atom. The number of nitrogens with zero attached hydrogens (tertiary/aromatic N) is 1. The first-order valence-corrected chi connectivity index (χ1v) is 7.36. The number of rotatable bonds is 2. The van der Waals surface area contributed by atoms with Crippen LogP contribution in [-0.2, 0) is 6.54 Å². The zero-order valence-corrected chi connectivity index (χ0v) is 12.3. The number of para-hydroxylation sites is 1. The third-order valence-corrected chi connectivity index (χ3v) is 4.00. The van der Waals surface area contributed by atoms with Crippen LogP contribution in [0.5, 0.6) is 5.75 Å². The molecule has 3 rings (SSSR count). The van der Waals surface area contributed by atoms with Crippen LogP contribution in [0.15, 0.2) is 48.5 Å². The summed E-state index contributed by atoms with van der Waals surface area (Å²) in [7, 11) is 0. The van der Waals surface area contributed by atoms with E-state index in [1.807, 2.05) is 18.2 Å². The molecule has 1 atom stereocenters. The van der Waals surface area contributed by atoms with Gasteiger partial charge in [0.05, 0.1) is 0 Å². The highest BCUT2D eigenvalue weighted by Gasteiger charge is 2.23. The van der Waals surface area contributed by atoms with Crippen LogP contribution >= 0.6 is 11.6 Å². The van der Waals surface area contributed by atoms with Crippen LogP contribution in [0, 0.1) is 0 Å². The van der Waals surface area contributed by atoms with E-state index in [4.69, 9.17) is 16.3 Å². The van der Waals surface area contributed by atoms with E-state index in [-0.39, 0.29) is 6.10 Å². The molecule has 2 aromatic rings. The summed E-state index contributed by atoms with van der Waals surface area (Å²) in [6, 6.07) is 16.2. The molecule has 1 aliphatic heterocycles. The van der Waals surface area contributed by atoms with E-state index in [1.165, 1.54) is 11.1 Å². The highest BCUT2D eigenvalue weighted by molar-refractivity contribution is 6.30. The molecule has 1 heterocycles. The second-order valence-electron chi connectivity index (χ2n) is 5.09. The van der Waals surface area contributed by atoms with Crippen molar-refractivity contribution in [1.29, 1.82) is 0 Å².